The molecule has 0 atom stereocenters. The first-order valence-electron chi connectivity index (χ1n) is 5.75. The maximum atomic E-state index is 13.7. The Morgan fingerprint density at radius 3 is 2.63 bits per heavy atom. The van der Waals surface area contributed by atoms with Gasteiger partial charge in [0, 0.05) is 6.07 Å². The summed E-state index contributed by atoms with van der Waals surface area (Å²) < 4.78 is 18.8. The first kappa shape index (κ1) is 12.9. The van der Waals surface area contributed by atoms with Crippen LogP contribution in [0.5, 0.6) is 5.75 Å². The molecule has 0 aliphatic carbocycles. The van der Waals surface area contributed by atoms with Crippen LogP contribution in [0.2, 0.25) is 0 Å². The van der Waals surface area contributed by atoms with E-state index in [9.17, 15) is 4.39 Å². The Morgan fingerprint density at radius 2 is 1.95 bits per heavy atom. The number of ether oxygens (including phenoxy) is 1. The molecule has 2 aromatic carbocycles. The van der Waals surface area contributed by atoms with Gasteiger partial charge in [-0.3, -0.25) is 0 Å². The molecule has 0 saturated heterocycles. The number of nitrogens with one attached hydrogen (secondary N) is 1. The van der Waals surface area contributed by atoms with Crippen molar-refractivity contribution in [3.8, 4) is 11.8 Å². The number of halogens is 1. The Hall–Kier alpha value is -2.54. The largest absolute Gasteiger partial charge is 0.497 e. The number of nitrogens with zero attached hydrogens (tertiary/aromatic N) is 1. The lowest BCUT2D eigenvalue weighted by atomic mass is 10.1. The predicted octanol–water partition coefficient (Wildman–Crippen LogP) is 3.76. The highest BCUT2D eigenvalue weighted by Crippen LogP contribution is 2.27. The Labute approximate surface area is 111 Å². The van der Waals surface area contributed by atoms with Crippen LogP contribution in [-0.4, -0.2) is 7.11 Å². The van der Waals surface area contributed by atoms with Gasteiger partial charge in [0.05, 0.1) is 24.0 Å². The Morgan fingerprint density at radius 1 is 1.16 bits per heavy atom. The van der Waals surface area contributed by atoms with Crippen LogP contribution >= 0.6 is 0 Å². The van der Waals surface area contributed by atoms with Crippen molar-refractivity contribution in [1.29, 1.82) is 5.26 Å². The van der Waals surface area contributed by atoms with Crippen LogP contribution in [0.4, 0.5) is 15.8 Å². The zero-order valence-electron chi connectivity index (χ0n) is 10.7. The third-order valence-electron chi connectivity index (χ3n) is 2.74. The fraction of sp³-hybridized carbons (Fsp3) is 0.133. The third kappa shape index (κ3) is 2.83. The number of rotatable bonds is 3. The molecule has 0 aliphatic rings. The summed E-state index contributed by atoms with van der Waals surface area (Å²) in [7, 11) is 1.54. The number of nitriles is 1. The number of aryl methyl sites for hydroxylation is 1. The third-order valence-corrected chi connectivity index (χ3v) is 2.74. The van der Waals surface area contributed by atoms with Gasteiger partial charge in [-0.15, -0.1) is 0 Å². The molecular weight excluding hydrogens is 243 g/mol. The summed E-state index contributed by atoms with van der Waals surface area (Å²) in [5.74, 6) is 0.242. The van der Waals surface area contributed by atoms with Crippen LogP contribution in [0.15, 0.2) is 36.4 Å². The molecule has 0 heterocycles. The molecule has 19 heavy (non-hydrogen) atoms. The summed E-state index contributed by atoms with van der Waals surface area (Å²) in [5, 5.41) is 12.0. The zero-order valence-corrected chi connectivity index (χ0v) is 10.7. The van der Waals surface area contributed by atoms with Gasteiger partial charge in [-0.25, -0.2) is 4.39 Å². The summed E-state index contributed by atoms with van der Waals surface area (Å²) >= 11 is 0. The second kappa shape index (κ2) is 5.40. The summed E-state index contributed by atoms with van der Waals surface area (Å²) in [6.45, 7) is 1.88. The van der Waals surface area contributed by atoms with Crippen molar-refractivity contribution in [2.45, 2.75) is 6.92 Å². The van der Waals surface area contributed by atoms with E-state index in [0.717, 1.165) is 5.56 Å². The zero-order chi connectivity index (χ0) is 13.8. The molecule has 2 aromatic rings. The molecule has 2 rings (SSSR count). The molecule has 0 fully saturated rings. The molecule has 0 unspecified atom stereocenters. The van der Waals surface area contributed by atoms with Gasteiger partial charge < -0.3 is 10.1 Å². The first-order valence-corrected chi connectivity index (χ1v) is 5.75. The number of anilines is 2. The topological polar surface area (TPSA) is 45.0 Å². The van der Waals surface area contributed by atoms with Crippen LogP contribution < -0.4 is 10.1 Å². The molecule has 0 amide bonds. The average Bonchev–Trinajstić information content (AvgIpc) is 2.42. The second-order valence-electron chi connectivity index (χ2n) is 4.13. The van der Waals surface area contributed by atoms with Crippen molar-refractivity contribution in [3.63, 3.8) is 0 Å². The molecular formula is C15H13FN2O. The molecule has 0 aromatic heterocycles. The summed E-state index contributed by atoms with van der Waals surface area (Å²) in [4.78, 5) is 0. The highest BCUT2D eigenvalue weighted by atomic mass is 19.1. The Balaban J connectivity index is 2.42. The van der Waals surface area contributed by atoms with Crippen molar-refractivity contribution in [3.05, 3.63) is 53.3 Å². The molecule has 0 bridgehead atoms. The van der Waals surface area contributed by atoms with E-state index in [2.05, 4.69) is 11.4 Å². The predicted molar refractivity (Wildman–Crippen MR) is 72.1 cm³/mol. The summed E-state index contributed by atoms with van der Waals surface area (Å²) in [6.07, 6.45) is 0. The fourth-order valence-corrected chi connectivity index (χ4v) is 1.73. The monoisotopic (exact) mass is 256 g/mol. The molecule has 3 nitrogen and oxygen atoms in total. The SMILES string of the molecule is COc1ccc(C#N)c(Nc2cc(C)ccc2F)c1. The van der Waals surface area contributed by atoms with Crippen molar-refractivity contribution in [1.82, 2.24) is 0 Å². The molecule has 0 radical (unpaired) electrons. The van der Waals surface area contributed by atoms with E-state index < -0.39 is 0 Å². The van der Waals surface area contributed by atoms with Crippen molar-refractivity contribution < 1.29 is 9.13 Å². The van der Waals surface area contributed by atoms with Gasteiger partial charge in [0.2, 0.25) is 0 Å². The summed E-state index contributed by atoms with van der Waals surface area (Å²) in [6, 6.07) is 11.8. The second-order valence-corrected chi connectivity index (χ2v) is 4.13. The molecule has 1 N–H and O–H groups in total. The average molecular weight is 256 g/mol. The van der Waals surface area contributed by atoms with Gasteiger partial charge in [0.15, 0.2) is 0 Å². The molecule has 0 saturated carbocycles. The van der Waals surface area contributed by atoms with Crippen LogP contribution in [0, 0.1) is 24.1 Å². The van der Waals surface area contributed by atoms with E-state index in [1.165, 1.54) is 6.07 Å². The fourth-order valence-electron chi connectivity index (χ4n) is 1.73. The lowest BCUT2D eigenvalue weighted by molar-refractivity contribution is 0.415. The maximum absolute atomic E-state index is 13.7. The van der Waals surface area contributed by atoms with Gasteiger partial charge in [0.1, 0.15) is 17.6 Å². The van der Waals surface area contributed by atoms with E-state index in [0.29, 0.717) is 22.7 Å². The minimum Gasteiger partial charge on any atom is -0.497 e. The van der Waals surface area contributed by atoms with Crippen LogP contribution in [-0.2, 0) is 0 Å². The van der Waals surface area contributed by atoms with E-state index in [1.54, 1.807) is 37.4 Å². The molecule has 0 spiro atoms. The van der Waals surface area contributed by atoms with Gasteiger partial charge in [-0.1, -0.05) is 6.07 Å². The quantitative estimate of drug-likeness (QED) is 0.909. The number of hydrogen-bond donors (Lipinski definition) is 1. The van der Waals surface area contributed by atoms with E-state index >= 15 is 0 Å². The highest BCUT2D eigenvalue weighted by Gasteiger charge is 2.08. The van der Waals surface area contributed by atoms with E-state index in [4.69, 9.17) is 10.00 Å². The number of hydrogen-bond acceptors (Lipinski definition) is 3. The summed E-state index contributed by atoms with van der Waals surface area (Å²) in [5.41, 5.74) is 2.23. The van der Waals surface area contributed by atoms with Gasteiger partial charge in [-0.2, -0.15) is 5.26 Å². The van der Waals surface area contributed by atoms with Gasteiger partial charge in [-0.05, 0) is 36.8 Å². The van der Waals surface area contributed by atoms with E-state index in [1.807, 2.05) is 6.92 Å². The van der Waals surface area contributed by atoms with Gasteiger partial charge >= 0.3 is 0 Å². The maximum Gasteiger partial charge on any atom is 0.146 e. The van der Waals surface area contributed by atoms with Crippen molar-refractivity contribution in [2.24, 2.45) is 0 Å². The minimum atomic E-state index is -0.364. The molecule has 4 heteroatoms. The number of benzene rings is 2. The van der Waals surface area contributed by atoms with Crippen molar-refractivity contribution >= 4 is 11.4 Å². The minimum absolute atomic E-state index is 0.338. The van der Waals surface area contributed by atoms with Crippen LogP contribution in [0.1, 0.15) is 11.1 Å². The number of methoxy groups -OCH3 is 1. The standard InChI is InChI=1S/C15H13FN2O/c1-10-3-6-13(16)15(7-10)18-14-8-12(19-2)5-4-11(14)9-17/h3-8,18H,1-2H3. The Bertz CT molecular complexity index is 647. The normalized spacial score (nSPS) is 9.79. The smallest absolute Gasteiger partial charge is 0.146 e. The lowest BCUT2D eigenvalue weighted by Gasteiger charge is -2.11. The van der Waals surface area contributed by atoms with Gasteiger partial charge in [0.25, 0.3) is 0 Å². The lowest BCUT2D eigenvalue weighted by Crippen LogP contribution is -1.97. The Kier molecular flexibility index (Phi) is 3.67. The van der Waals surface area contributed by atoms with Crippen molar-refractivity contribution in [2.75, 3.05) is 12.4 Å². The molecule has 96 valence electrons. The van der Waals surface area contributed by atoms with Crippen LogP contribution in [0.3, 0.4) is 0 Å². The molecule has 0 aliphatic heterocycles. The van der Waals surface area contributed by atoms with Crippen LogP contribution in [0.25, 0.3) is 0 Å². The highest BCUT2D eigenvalue weighted by molar-refractivity contribution is 5.68. The van der Waals surface area contributed by atoms with E-state index in [-0.39, 0.29) is 5.82 Å². The first-order chi connectivity index (χ1) is 9.13.